The summed E-state index contributed by atoms with van der Waals surface area (Å²) in [5, 5.41) is 7.91. The third-order valence-electron chi connectivity index (χ3n) is 2.63. The van der Waals surface area contributed by atoms with Crippen molar-refractivity contribution in [3.63, 3.8) is 0 Å². The lowest BCUT2D eigenvalue weighted by Gasteiger charge is -2.03. The van der Waals surface area contributed by atoms with Gasteiger partial charge in [0.1, 0.15) is 5.75 Å². The van der Waals surface area contributed by atoms with Crippen LogP contribution in [0.1, 0.15) is 25.3 Å². The van der Waals surface area contributed by atoms with Crippen molar-refractivity contribution in [2.75, 3.05) is 0 Å². The summed E-state index contributed by atoms with van der Waals surface area (Å²) in [6.07, 6.45) is 1.32. The molecule has 0 aliphatic carbocycles. The monoisotopic (exact) mass is 300 g/mol. The summed E-state index contributed by atoms with van der Waals surface area (Å²) in [6, 6.07) is 18.7. The van der Waals surface area contributed by atoms with Gasteiger partial charge in [0.15, 0.2) is 0 Å². The van der Waals surface area contributed by atoms with Gasteiger partial charge in [-0.1, -0.05) is 55.5 Å². The summed E-state index contributed by atoms with van der Waals surface area (Å²) < 4.78 is 5.18. The molecule has 2 aromatic carbocycles. The molecule has 116 valence electrons. The van der Waals surface area contributed by atoms with E-state index in [2.05, 4.69) is 0 Å². The molecule has 4 heteroatoms. The number of esters is 1. The molecule has 0 aromatic heterocycles. The second kappa shape index (κ2) is 10.2. The summed E-state index contributed by atoms with van der Waals surface area (Å²) in [4.78, 5) is 21.2. The van der Waals surface area contributed by atoms with Gasteiger partial charge in [0.25, 0.3) is 0 Å². The number of carbonyl (C=O) groups is 2. The number of ether oxygens (including phenoxy) is 1. The van der Waals surface area contributed by atoms with E-state index in [1.165, 1.54) is 0 Å². The summed E-state index contributed by atoms with van der Waals surface area (Å²) in [7, 11) is 0. The van der Waals surface area contributed by atoms with E-state index in [4.69, 9.17) is 9.84 Å². The molecule has 0 bridgehead atoms. The minimum absolute atomic E-state index is 0.239. The van der Waals surface area contributed by atoms with Crippen molar-refractivity contribution in [1.82, 2.24) is 0 Å². The number of para-hydroxylation sites is 1. The maximum atomic E-state index is 11.6. The van der Waals surface area contributed by atoms with Crippen molar-refractivity contribution in [2.45, 2.75) is 26.2 Å². The largest absolute Gasteiger partial charge is 0.481 e. The third-order valence-corrected chi connectivity index (χ3v) is 2.63. The predicted octanol–water partition coefficient (Wildman–Crippen LogP) is 3.71. The zero-order chi connectivity index (χ0) is 16.2. The van der Waals surface area contributed by atoms with E-state index < -0.39 is 5.97 Å². The van der Waals surface area contributed by atoms with Gasteiger partial charge in [-0.05, 0) is 24.1 Å². The number of aliphatic carboxylic acids is 1. The van der Waals surface area contributed by atoms with Crippen molar-refractivity contribution in [3.8, 4) is 5.75 Å². The molecule has 0 aliphatic rings. The molecule has 0 spiro atoms. The lowest BCUT2D eigenvalue weighted by Crippen LogP contribution is -2.10. The summed E-state index contributed by atoms with van der Waals surface area (Å²) >= 11 is 0. The van der Waals surface area contributed by atoms with Crippen LogP contribution >= 0.6 is 0 Å². The first-order valence-corrected chi connectivity index (χ1v) is 7.13. The first kappa shape index (κ1) is 17.4. The molecule has 0 fully saturated rings. The second-order valence-corrected chi connectivity index (χ2v) is 4.59. The highest BCUT2D eigenvalue weighted by atomic mass is 16.5. The van der Waals surface area contributed by atoms with Crippen LogP contribution < -0.4 is 4.74 Å². The normalized spacial score (nSPS) is 9.32. The number of hydrogen-bond donors (Lipinski definition) is 1. The van der Waals surface area contributed by atoms with Crippen LogP contribution in [0.4, 0.5) is 0 Å². The Morgan fingerprint density at radius 2 is 1.50 bits per heavy atom. The fraction of sp³-hybridized carbons (Fsp3) is 0.222. The molecule has 22 heavy (non-hydrogen) atoms. The number of carboxylic acid groups (broad SMARTS) is 1. The van der Waals surface area contributed by atoms with Gasteiger partial charge in [-0.15, -0.1) is 0 Å². The Bertz CT molecular complexity index is 521. The maximum Gasteiger partial charge on any atom is 0.315 e. The van der Waals surface area contributed by atoms with Gasteiger partial charge < -0.3 is 9.84 Å². The van der Waals surface area contributed by atoms with Gasteiger partial charge in [-0.3, -0.25) is 9.59 Å². The van der Waals surface area contributed by atoms with Gasteiger partial charge in [0.2, 0.25) is 0 Å². The minimum Gasteiger partial charge on any atom is -0.481 e. The zero-order valence-corrected chi connectivity index (χ0v) is 12.6. The van der Waals surface area contributed by atoms with E-state index in [9.17, 15) is 9.59 Å². The number of rotatable bonds is 5. The molecule has 4 nitrogen and oxygen atoms in total. The van der Waals surface area contributed by atoms with E-state index in [0.717, 1.165) is 12.0 Å². The molecule has 2 rings (SSSR count). The van der Waals surface area contributed by atoms with Gasteiger partial charge in [0.05, 0.1) is 6.42 Å². The molecule has 2 aromatic rings. The summed E-state index contributed by atoms with van der Waals surface area (Å²) in [6.45, 7) is 1.84. The SMILES string of the molecule is CCCC(=O)O.O=C(Cc1ccccc1)Oc1ccccc1. The molecular formula is C18H20O4. The molecule has 0 atom stereocenters. The summed E-state index contributed by atoms with van der Waals surface area (Å²) in [5.41, 5.74) is 0.962. The highest BCUT2D eigenvalue weighted by molar-refractivity contribution is 5.75. The third kappa shape index (κ3) is 7.85. The topological polar surface area (TPSA) is 63.6 Å². The van der Waals surface area contributed by atoms with Crippen molar-refractivity contribution >= 4 is 11.9 Å². The van der Waals surface area contributed by atoms with Gasteiger partial charge in [-0.2, -0.15) is 0 Å². The first-order valence-electron chi connectivity index (χ1n) is 7.13. The molecule has 0 saturated carbocycles. The number of carbonyl (C=O) groups excluding carboxylic acids is 1. The number of benzene rings is 2. The Hall–Kier alpha value is -2.62. The molecule has 0 amide bonds. The Labute approximate surface area is 130 Å². The minimum atomic E-state index is -0.711. The lowest BCUT2D eigenvalue weighted by molar-refractivity contribution is -0.137. The van der Waals surface area contributed by atoms with Crippen LogP contribution in [0.3, 0.4) is 0 Å². The predicted molar refractivity (Wildman–Crippen MR) is 84.8 cm³/mol. The van der Waals surface area contributed by atoms with Crippen LogP contribution in [-0.4, -0.2) is 17.0 Å². The second-order valence-electron chi connectivity index (χ2n) is 4.59. The molecule has 0 radical (unpaired) electrons. The fourth-order valence-electron chi connectivity index (χ4n) is 1.63. The average Bonchev–Trinajstić information content (AvgIpc) is 2.49. The molecular weight excluding hydrogens is 280 g/mol. The van der Waals surface area contributed by atoms with Crippen LogP contribution in [0.25, 0.3) is 0 Å². The van der Waals surface area contributed by atoms with Crippen LogP contribution in [0, 0.1) is 0 Å². The molecule has 0 aliphatic heterocycles. The Morgan fingerprint density at radius 1 is 0.955 bits per heavy atom. The van der Waals surface area contributed by atoms with Crippen molar-refractivity contribution < 1.29 is 19.4 Å². The highest BCUT2D eigenvalue weighted by Gasteiger charge is 2.05. The lowest BCUT2D eigenvalue weighted by atomic mass is 10.2. The van der Waals surface area contributed by atoms with Gasteiger partial charge >= 0.3 is 11.9 Å². The van der Waals surface area contributed by atoms with E-state index in [0.29, 0.717) is 18.6 Å². The quantitative estimate of drug-likeness (QED) is 0.675. The smallest absolute Gasteiger partial charge is 0.315 e. The van der Waals surface area contributed by atoms with E-state index in [1.54, 1.807) is 12.1 Å². The maximum absolute atomic E-state index is 11.6. The van der Waals surface area contributed by atoms with E-state index in [-0.39, 0.29) is 5.97 Å². The standard InChI is InChI=1S/C14H12O2.C4H8O2/c15-14(11-12-7-3-1-4-8-12)16-13-9-5-2-6-10-13;1-2-3-4(5)6/h1-10H,11H2;2-3H2,1H3,(H,5,6). The number of hydrogen-bond acceptors (Lipinski definition) is 3. The highest BCUT2D eigenvalue weighted by Crippen LogP contribution is 2.10. The van der Waals surface area contributed by atoms with E-state index in [1.807, 2.05) is 55.5 Å². The van der Waals surface area contributed by atoms with Crippen molar-refractivity contribution in [2.24, 2.45) is 0 Å². The molecule has 0 saturated heterocycles. The van der Waals surface area contributed by atoms with Crippen molar-refractivity contribution in [1.29, 1.82) is 0 Å². The Morgan fingerprint density at radius 3 is 1.95 bits per heavy atom. The van der Waals surface area contributed by atoms with Crippen molar-refractivity contribution in [3.05, 3.63) is 66.2 Å². The first-order chi connectivity index (χ1) is 10.6. The van der Waals surface area contributed by atoms with E-state index >= 15 is 0 Å². The molecule has 0 unspecified atom stereocenters. The summed E-state index contributed by atoms with van der Waals surface area (Å²) in [5.74, 6) is -0.363. The van der Waals surface area contributed by atoms with Crippen LogP contribution in [-0.2, 0) is 16.0 Å². The van der Waals surface area contributed by atoms with Crippen LogP contribution in [0.5, 0.6) is 5.75 Å². The van der Waals surface area contributed by atoms with Gasteiger partial charge in [-0.25, -0.2) is 0 Å². The van der Waals surface area contributed by atoms with Crippen LogP contribution in [0.15, 0.2) is 60.7 Å². The molecule has 0 heterocycles. The fourth-order valence-corrected chi connectivity index (χ4v) is 1.63. The zero-order valence-electron chi connectivity index (χ0n) is 12.6. The Kier molecular flexibility index (Phi) is 8.05. The number of carboxylic acids is 1. The average molecular weight is 300 g/mol. The van der Waals surface area contributed by atoms with Gasteiger partial charge in [0, 0.05) is 6.42 Å². The Balaban J connectivity index is 0.000000346. The molecule has 1 N–H and O–H groups in total. The van der Waals surface area contributed by atoms with Crippen LogP contribution in [0.2, 0.25) is 0 Å².